The first-order valence-electron chi connectivity index (χ1n) is 7.45. The lowest BCUT2D eigenvalue weighted by atomic mass is 10.0. The number of carbonyl (C=O) groups excluding carboxylic acids is 4. The van der Waals surface area contributed by atoms with Gasteiger partial charge in [0.25, 0.3) is 0 Å². The first-order chi connectivity index (χ1) is 12.4. The van der Waals surface area contributed by atoms with E-state index >= 15 is 0 Å². The zero-order valence-electron chi connectivity index (χ0n) is 14.3. The number of hydrogen-bond acceptors (Lipinski definition) is 7. The Kier molecular flexibility index (Phi) is 12.4. The van der Waals surface area contributed by atoms with Crippen molar-refractivity contribution in [2.75, 3.05) is 19.8 Å². The monoisotopic (exact) mass is 487 g/mol. The Balaban J connectivity index is 5.50. The van der Waals surface area contributed by atoms with Crippen molar-refractivity contribution in [3.05, 3.63) is 0 Å². The van der Waals surface area contributed by atoms with E-state index in [1.54, 1.807) is 6.92 Å². The van der Waals surface area contributed by atoms with Gasteiger partial charge in [-0.2, -0.15) is 0 Å². The average molecular weight is 490 g/mol. The lowest BCUT2D eigenvalue weighted by Gasteiger charge is -2.33. The minimum Gasteiger partial charge on any atom is -0.462 e. The summed E-state index contributed by atoms with van der Waals surface area (Å²) in [5.41, 5.74) is -1.65. The van der Waals surface area contributed by atoms with E-state index in [0.29, 0.717) is 0 Å². The van der Waals surface area contributed by atoms with E-state index in [0.717, 1.165) is 0 Å². The minimum absolute atomic E-state index is 0.0325. The molecule has 0 saturated carbocycles. The second-order valence-electron chi connectivity index (χ2n) is 5.22. The predicted molar refractivity (Wildman–Crippen MR) is 100 cm³/mol. The van der Waals surface area contributed by atoms with Gasteiger partial charge in [0.2, 0.25) is 15.6 Å². The molecular formula is C14H18Cl5NO7. The molecule has 0 fully saturated rings. The minimum atomic E-state index is -1.65. The quantitative estimate of drug-likeness (QED) is 0.269. The summed E-state index contributed by atoms with van der Waals surface area (Å²) in [6, 6.07) is 0. The number of nitrogens with one attached hydrogen (secondary N) is 1. The van der Waals surface area contributed by atoms with Crippen molar-refractivity contribution in [2.45, 2.75) is 40.9 Å². The van der Waals surface area contributed by atoms with Crippen molar-refractivity contribution in [1.82, 2.24) is 5.32 Å². The normalized spacial score (nSPS) is 12.5. The van der Waals surface area contributed by atoms with E-state index in [1.165, 1.54) is 6.92 Å². The van der Waals surface area contributed by atoms with E-state index in [2.05, 4.69) is 5.32 Å². The highest BCUT2D eigenvalue weighted by atomic mass is 35.5. The van der Waals surface area contributed by atoms with Crippen LogP contribution >= 0.6 is 58.0 Å². The first-order valence-corrected chi connectivity index (χ1v) is 9.63. The van der Waals surface area contributed by atoms with Crippen molar-refractivity contribution >= 4 is 81.8 Å². The van der Waals surface area contributed by atoms with Gasteiger partial charge in [-0.25, -0.2) is 9.59 Å². The zero-order chi connectivity index (χ0) is 21.2. The maximum atomic E-state index is 11.9. The highest BCUT2D eigenvalue weighted by molar-refractivity contribution is 6.53. The number of rotatable bonds is 11. The van der Waals surface area contributed by atoms with Crippen molar-refractivity contribution < 1.29 is 33.4 Å². The van der Waals surface area contributed by atoms with Gasteiger partial charge in [0.05, 0.1) is 0 Å². The van der Waals surface area contributed by atoms with Gasteiger partial charge in [-0.05, 0) is 6.92 Å². The molecule has 1 unspecified atom stereocenters. The van der Waals surface area contributed by atoms with E-state index < -0.39 is 64.2 Å². The first kappa shape index (κ1) is 26.3. The van der Waals surface area contributed by atoms with Crippen LogP contribution < -0.4 is 5.32 Å². The maximum absolute atomic E-state index is 11.9. The molecule has 0 bridgehead atoms. The zero-order valence-corrected chi connectivity index (χ0v) is 18.1. The Morgan fingerprint density at radius 2 is 1.19 bits per heavy atom. The summed E-state index contributed by atoms with van der Waals surface area (Å²) in [7, 11) is 0. The fraction of sp³-hybridized carbons (Fsp3) is 0.714. The Bertz CT molecular complexity index is 482. The number of hydrogen-bond donors (Lipinski definition) is 1. The Labute approximate surface area is 181 Å². The molecule has 0 aliphatic carbocycles. The molecular weight excluding hydrogens is 471 g/mol. The summed E-state index contributed by atoms with van der Waals surface area (Å²) >= 11 is 27.3. The summed E-state index contributed by atoms with van der Waals surface area (Å²) in [5, 5.41) is 1.49. The third-order valence-corrected chi connectivity index (χ3v) is 3.77. The maximum Gasteiger partial charge on any atom is 0.339 e. The highest BCUT2D eigenvalue weighted by Crippen LogP contribution is 2.15. The van der Waals surface area contributed by atoms with E-state index in [1.807, 2.05) is 0 Å². The van der Waals surface area contributed by atoms with Crippen LogP contribution in [0.15, 0.2) is 0 Å². The summed E-state index contributed by atoms with van der Waals surface area (Å²) < 4.78 is 14.8. The summed E-state index contributed by atoms with van der Waals surface area (Å²) in [6.45, 7) is 1.21. The van der Waals surface area contributed by atoms with Gasteiger partial charge >= 0.3 is 17.9 Å². The van der Waals surface area contributed by atoms with Crippen LogP contribution in [0.4, 0.5) is 0 Å². The number of amides is 1. The molecule has 1 amide bonds. The second-order valence-corrected chi connectivity index (χ2v) is 8.07. The summed E-state index contributed by atoms with van der Waals surface area (Å²) in [6.07, 6.45) is 0.0325. The van der Waals surface area contributed by atoms with Crippen LogP contribution in [-0.2, 0) is 33.4 Å². The smallest absolute Gasteiger partial charge is 0.339 e. The Morgan fingerprint density at radius 3 is 1.48 bits per heavy atom. The van der Waals surface area contributed by atoms with Crippen molar-refractivity contribution in [3.8, 4) is 0 Å². The predicted octanol–water partition coefficient (Wildman–Crippen LogP) is 2.12. The molecule has 0 aliphatic heterocycles. The Morgan fingerprint density at radius 1 is 0.815 bits per heavy atom. The highest BCUT2D eigenvalue weighted by Gasteiger charge is 2.38. The topological polar surface area (TPSA) is 108 Å². The molecule has 0 aliphatic rings. The van der Waals surface area contributed by atoms with Crippen LogP contribution in [0.1, 0.15) is 20.3 Å². The number of carbonyl (C=O) groups is 4. The second kappa shape index (κ2) is 12.7. The standard InChI is InChI=1S/C14H18Cl5NO7/c1-3-8(21)20-14(4-25-11(22)7(2)15,5-26-12(23)9(16)17)6-27-13(24)10(18)19/h7,9-10H,3-6H2,1-2H3,(H,20,21). The molecule has 0 spiro atoms. The largest absolute Gasteiger partial charge is 0.462 e. The van der Waals surface area contributed by atoms with E-state index in [4.69, 9.17) is 72.2 Å². The molecule has 0 radical (unpaired) electrons. The molecule has 1 atom stereocenters. The lowest BCUT2D eigenvalue weighted by molar-refractivity contribution is -0.157. The Hall–Kier alpha value is -0.670. The molecule has 8 nitrogen and oxygen atoms in total. The van der Waals surface area contributed by atoms with Crippen LogP contribution in [0.5, 0.6) is 0 Å². The van der Waals surface area contributed by atoms with Gasteiger partial charge in [-0.15, -0.1) is 11.6 Å². The number of alkyl halides is 5. The van der Waals surface area contributed by atoms with Gasteiger partial charge in [0.15, 0.2) is 0 Å². The van der Waals surface area contributed by atoms with Crippen molar-refractivity contribution in [3.63, 3.8) is 0 Å². The number of esters is 3. The van der Waals surface area contributed by atoms with Gasteiger partial charge < -0.3 is 19.5 Å². The van der Waals surface area contributed by atoms with Crippen LogP contribution in [0.2, 0.25) is 0 Å². The fourth-order valence-corrected chi connectivity index (χ4v) is 1.80. The molecule has 0 aromatic rings. The van der Waals surface area contributed by atoms with Crippen LogP contribution in [0.3, 0.4) is 0 Å². The van der Waals surface area contributed by atoms with Crippen molar-refractivity contribution in [1.29, 1.82) is 0 Å². The third-order valence-electron chi connectivity index (χ3n) is 2.88. The molecule has 0 aromatic heterocycles. The molecule has 1 N–H and O–H groups in total. The van der Waals surface area contributed by atoms with Crippen LogP contribution in [0, 0.1) is 0 Å². The molecule has 0 saturated heterocycles. The number of ether oxygens (including phenoxy) is 3. The molecule has 13 heteroatoms. The van der Waals surface area contributed by atoms with E-state index in [-0.39, 0.29) is 6.42 Å². The summed E-state index contributed by atoms with van der Waals surface area (Å²) in [4.78, 5) is 43.7. The molecule has 156 valence electrons. The van der Waals surface area contributed by atoms with Crippen molar-refractivity contribution in [2.24, 2.45) is 0 Å². The lowest BCUT2D eigenvalue weighted by Crippen LogP contribution is -2.59. The fourth-order valence-electron chi connectivity index (χ4n) is 1.49. The molecule has 27 heavy (non-hydrogen) atoms. The molecule has 0 heterocycles. The van der Waals surface area contributed by atoms with Gasteiger partial charge in [0, 0.05) is 6.42 Å². The molecule has 0 aromatic carbocycles. The van der Waals surface area contributed by atoms with Gasteiger partial charge in [0.1, 0.15) is 30.7 Å². The van der Waals surface area contributed by atoms with Crippen LogP contribution in [0.25, 0.3) is 0 Å². The van der Waals surface area contributed by atoms with Crippen LogP contribution in [-0.4, -0.2) is 64.2 Å². The molecule has 0 rings (SSSR count). The third kappa shape index (κ3) is 10.4. The average Bonchev–Trinajstić information content (AvgIpc) is 2.61. The summed E-state index contributed by atoms with van der Waals surface area (Å²) in [5.74, 6) is -3.38. The van der Waals surface area contributed by atoms with Gasteiger partial charge in [-0.3, -0.25) is 9.59 Å². The van der Waals surface area contributed by atoms with E-state index in [9.17, 15) is 19.2 Å². The SMILES string of the molecule is CCC(=O)NC(COC(=O)C(C)Cl)(COC(=O)C(Cl)Cl)COC(=O)C(Cl)Cl. The van der Waals surface area contributed by atoms with Gasteiger partial charge in [-0.1, -0.05) is 53.3 Å². The number of halogens is 5.